The number of nitrogens with zero attached hydrogens (tertiary/aromatic N) is 2. The number of nitrogen functional groups attached to an aromatic ring is 1. The van der Waals surface area contributed by atoms with Gasteiger partial charge in [0.25, 0.3) is 5.91 Å². The third-order valence-corrected chi connectivity index (χ3v) is 3.40. The highest BCUT2D eigenvalue weighted by atomic mass is 16.2. The van der Waals surface area contributed by atoms with Gasteiger partial charge < -0.3 is 16.0 Å². The first-order chi connectivity index (χ1) is 9.58. The van der Waals surface area contributed by atoms with Crippen LogP contribution in [0.25, 0.3) is 0 Å². The number of pyridine rings is 1. The average molecular weight is 276 g/mol. The van der Waals surface area contributed by atoms with Crippen LogP contribution in [0.5, 0.6) is 0 Å². The van der Waals surface area contributed by atoms with Gasteiger partial charge in [-0.1, -0.05) is 0 Å². The Morgan fingerprint density at radius 1 is 1.30 bits per heavy atom. The summed E-state index contributed by atoms with van der Waals surface area (Å²) in [5.74, 6) is -0.392. The van der Waals surface area contributed by atoms with Crippen molar-refractivity contribution in [2.45, 2.75) is 32.2 Å². The summed E-state index contributed by atoms with van der Waals surface area (Å²) < 4.78 is 0. The summed E-state index contributed by atoms with van der Waals surface area (Å²) in [6.45, 7) is 3.25. The molecule has 0 aliphatic carbocycles. The molecule has 20 heavy (non-hydrogen) atoms. The van der Waals surface area contributed by atoms with Crippen LogP contribution in [0.1, 0.15) is 36.7 Å². The monoisotopic (exact) mass is 276 g/mol. The Bertz CT molecular complexity index is 480. The summed E-state index contributed by atoms with van der Waals surface area (Å²) >= 11 is 0. The Morgan fingerprint density at radius 3 is 2.60 bits per heavy atom. The van der Waals surface area contributed by atoms with Gasteiger partial charge in [0.05, 0.1) is 11.9 Å². The number of amides is 2. The maximum atomic E-state index is 12.2. The lowest BCUT2D eigenvalue weighted by atomic mass is 10.1. The number of nitrogens with two attached hydrogens (primary N) is 1. The minimum Gasteiger partial charge on any atom is -0.397 e. The molecule has 1 aromatic rings. The average Bonchev–Trinajstić information content (AvgIpc) is 2.48. The molecule has 0 saturated carbocycles. The predicted molar refractivity (Wildman–Crippen MR) is 76.0 cm³/mol. The Morgan fingerprint density at radius 2 is 2.00 bits per heavy atom. The molecule has 0 spiro atoms. The highest BCUT2D eigenvalue weighted by Crippen LogP contribution is 2.10. The second-order valence-corrected chi connectivity index (χ2v) is 5.06. The number of hydrogen-bond acceptors (Lipinski definition) is 4. The summed E-state index contributed by atoms with van der Waals surface area (Å²) in [6.07, 6.45) is 4.66. The van der Waals surface area contributed by atoms with Crippen LogP contribution in [0.4, 0.5) is 5.69 Å². The van der Waals surface area contributed by atoms with E-state index in [0.29, 0.717) is 5.69 Å². The zero-order valence-corrected chi connectivity index (χ0v) is 11.6. The molecule has 1 saturated heterocycles. The highest BCUT2D eigenvalue weighted by Gasteiger charge is 2.23. The van der Waals surface area contributed by atoms with Gasteiger partial charge in [-0.15, -0.1) is 0 Å². The van der Waals surface area contributed by atoms with E-state index in [0.717, 1.165) is 25.9 Å². The van der Waals surface area contributed by atoms with Crippen LogP contribution < -0.4 is 11.1 Å². The SMILES string of the molecule is CC(NC(=O)c1ccc(N)cn1)C(=O)N1CCCCC1. The van der Waals surface area contributed by atoms with E-state index in [1.807, 2.05) is 4.90 Å². The first kappa shape index (κ1) is 14.3. The number of nitrogens with one attached hydrogen (secondary N) is 1. The number of rotatable bonds is 3. The number of carbonyl (C=O) groups is 2. The van der Waals surface area contributed by atoms with E-state index in [-0.39, 0.29) is 17.5 Å². The number of anilines is 1. The maximum absolute atomic E-state index is 12.2. The van der Waals surface area contributed by atoms with Crippen molar-refractivity contribution >= 4 is 17.5 Å². The van der Waals surface area contributed by atoms with E-state index in [9.17, 15) is 9.59 Å². The Balaban J connectivity index is 1.92. The van der Waals surface area contributed by atoms with Crippen molar-refractivity contribution in [3.8, 4) is 0 Å². The molecule has 2 rings (SSSR count). The molecule has 0 bridgehead atoms. The van der Waals surface area contributed by atoms with Crippen molar-refractivity contribution in [1.29, 1.82) is 0 Å². The van der Waals surface area contributed by atoms with Gasteiger partial charge in [0.15, 0.2) is 0 Å². The van der Waals surface area contributed by atoms with Crippen molar-refractivity contribution in [2.24, 2.45) is 0 Å². The summed E-state index contributed by atoms with van der Waals surface area (Å²) in [7, 11) is 0. The van der Waals surface area contributed by atoms with Crippen molar-refractivity contribution in [3.05, 3.63) is 24.0 Å². The molecule has 1 aliphatic rings. The summed E-state index contributed by atoms with van der Waals surface area (Å²) in [5, 5.41) is 2.68. The van der Waals surface area contributed by atoms with Crippen LogP contribution in [-0.2, 0) is 4.79 Å². The fourth-order valence-corrected chi connectivity index (χ4v) is 2.26. The van der Waals surface area contributed by atoms with E-state index < -0.39 is 6.04 Å². The van der Waals surface area contributed by atoms with E-state index in [1.165, 1.54) is 12.6 Å². The van der Waals surface area contributed by atoms with Gasteiger partial charge in [-0.2, -0.15) is 0 Å². The van der Waals surface area contributed by atoms with Crippen molar-refractivity contribution in [3.63, 3.8) is 0 Å². The molecule has 3 N–H and O–H groups in total. The number of piperidine rings is 1. The Labute approximate surface area is 118 Å². The Kier molecular flexibility index (Phi) is 4.55. The summed E-state index contributed by atoms with van der Waals surface area (Å²) in [4.78, 5) is 29.9. The fraction of sp³-hybridized carbons (Fsp3) is 0.500. The lowest BCUT2D eigenvalue weighted by Gasteiger charge is -2.29. The third-order valence-electron chi connectivity index (χ3n) is 3.40. The van der Waals surface area contributed by atoms with Crippen LogP contribution in [0.15, 0.2) is 18.3 Å². The first-order valence-electron chi connectivity index (χ1n) is 6.89. The highest BCUT2D eigenvalue weighted by molar-refractivity contribution is 5.96. The van der Waals surface area contributed by atoms with Gasteiger partial charge in [-0.3, -0.25) is 9.59 Å². The van der Waals surface area contributed by atoms with Gasteiger partial charge in [0.1, 0.15) is 11.7 Å². The lowest BCUT2D eigenvalue weighted by molar-refractivity contribution is -0.133. The predicted octanol–water partition coefficient (Wildman–Crippen LogP) is 0.795. The molecule has 1 aliphatic heterocycles. The minimum absolute atomic E-state index is 0.0338. The molecule has 2 amide bonds. The number of hydrogen-bond donors (Lipinski definition) is 2. The molecule has 1 unspecified atom stereocenters. The van der Waals surface area contributed by atoms with E-state index >= 15 is 0 Å². The molecule has 108 valence electrons. The number of likely N-dealkylation sites (tertiary alicyclic amines) is 1. The zero-order valence-electron chi connectivity index (χ0n) is 11.6. The van der Waals surface area contributed by atoms with Crippen LogP contribution in [0.3, 0.4) is 0 Å². The van der Waals surface area contributed by atoms with E-state index in [1.54, 1.807) is 19.1 Å². The normalized spacial score (nSPS) is 16.6. The largest absolute Gasteiger partial charge is 0.397 e. The van der Waals surface area contributed by atoms with Crippen LogP contribution in [0.2, 0.25) is 0 Å². The fourth-order valence-electron chi connectivity index (χ4n) is 2.26. The molecular formula is C14H20N4O2. The van der Waals surface area contributed by atoms with Gasteiger partial charge in [-0.05, 0) is 38.3 Å². The molecule has 6 nitrogen and oxygen atoms in total. The van der Waals surface area contributed by atoms with Crippen molar-refractivity contribution < 1.29 is 9.59 Å². The van der Waals surface area contributed by atoms with Crippen LogP contribution >= 0.6 is 0 Å². The first-order valence-corrected chi connectivity index (χ1v) is 6.89. The van der Waals surface area contributed by atoms with Gasteiger partial charge in [0, 0.05) is 13.1 Å². The van der Waals surface area contributed by atoms with Crippen LogP contribution in [0, 0.1) is 0 Å². The zero-order chi connectivity index (χ0) is 14.5. The van der Waals surface area contributed by atoms with Gasteiger partial charge in [0.2, 0.25) is 5.91 Å². The number of carbonyl (C=O) groups excluding carboxylic acids is 2. The molecule has 2 heterocycles. The molecular weight excluding hydrogens is 256 g/mol. The molecule has 1 fully saturated rings. The molecule has 0 radical (unpaired) electrons. The second-order valence-electron chi connectivity index (χ2n) is 5.06. The molecule has 0 aromatic carbocycles. The summed E-state index contributed by atoms with van der Waals surface area (Å²) in [5.41, 5.74) is 6.28. The van der Waals surface area contributed by atoms with Crippen molar-refractivity contribution in [2.75, 3.05) is 18.8 Å². The van der Waals surface area contributed by atoms with Crippen molar-refractivity contribution in [1.82, 2.24) is 15.2 Å². The third kappa shape index (κ3) is 3.46. The smallest absolute Gasteiger partial charge is 0.270 e. The van der Waals surface area contributed by atoms with Gasteiger partial charge in [-0.25, -0.2) is 4.98 Å². The van der Waals surface area contributed by atoms with Gasteiger partial charge >= 0.3 is 0 Å². The lowest BCUT2D eigenvalue weighted by Crippen LogP contribution is -2.48. The van der Waals surface area contributed by atoms with Crippen LogP contribution in [-0.4, -0.2) is 40.8 Å². The topological polar surface area (TPSA) is 88.3 Å². The quantitative estimate of drug-likeness (QED) is 0.854. The minimum atomic E-state index is -0.542. The number of aromatic nitrogens is 1. The second kappa shape index (κ2) is 6.36. The molecule has 1 atom stereocenters. The molecule has 1 aromatic heterocycles. The molecule has 6 heteroatoms. The standard InChI is InChI=1S/C14H20N4O2/c1-10(14(20)18-7-3-2-4-8-18)17-13(19)12-6-5-11(15)9-16-12/h5-6,9-10H,2-4,7-8,15H2,1H3,(H,17,19). The Hall–Kier alpha value is -2.11. The summed E-state index contributed by atoms with van der Waals surface area (Å²) in [6, 6.07) is 2.61. The van der Waals surface area contributed by atoms with E-state index in [2.05, 4.69) is 10.3 Å². The maximum Gasteiger partial charge on any atom is 0.270 e. The van der Waals surface area contributed by atoms with E-state index in [4.69, 9.17) is 5.73 Å².